The Hall–Kier alpha value is -2.74. The predicted octanol–water partition coefficient (Wildman–Crippen LogP) is 3.37. The number of carbonyl (C=O) groups excluding carboxylic acids is 1. The second-order valence-electron chi connectivity index (χ2n) is 8.76. The molecule has 0 bridgehead atoms. The summed E-state index contributed by atoms with van der Waals surface area (Å²) in [6, 6.07) is 10.7. The number of amides is 1. The van der Waals surface area contributed by atoms with Crippen LogP contribution in [0.5, 0.6) is 0 Å². The van der Waals surface area contributed by atoms with Crippen LogP contribution in [-0.2, 0) is 27.3 Å². The molecule has 5 rings (SSSR count). The number of hydrogen-bond donors (Lipinski definition) is 1. The molecule has 3 aliphatic rings. The van der Waals surface area contributed by atoms with Crippen LogP contribution in [0.15, 0.2) is 36.4 Å². The zero-order chi connectivity index (χ0) is 22.8. The van der Waals surface area contributed by atoms with Gasteiger partial charge in [0.15, 0.2) is 0 Å². The Balaban J connectivity index is 1.23. The molecular formula is C26H30FN3O3. The molecule has 0 aromatic heterocycles. The molecule has 1 fully saturated rings. The average Bonchev–Trinajstić information content (AvgIpc) is 3.37. The number of hydrogen-bond acceptors (Lipinski definition) is 5. The Morgan fingerprint density at radius 2 is 1.82 bits per heavy atom. The van der Waals surface area contributed by atoms with E-state index in [1.807, 2.05) is 13.0 Å². The van der Waals surface area contributed by atoms with Gasteiger partial charge in [0.2, 0.25) is 0 Å². The standard InChI is InChI=1S/C26H30FN3O3/c1-2-32-14-13-30-11-9-29(10-12-30)8-7-18-3-5-21-19(15-18)17-33-25(21)24-22-16-20(27)4-6-23(22)28-26(24)31/h3-6,15-16H,2,7-14,17H2,1H3,(H,28,31). The van der Waals surface area contributed by atoms with Crippen molar-refractivity contribution in [2.24, 2.45) is 0 Å². The number of carbonyl (C=O) groups is 1. The normalized spacial score (nSPS) is 20.5. The van der Waals surface area contributed by atoms with Crippen LogP contribution >= 0.6 is 0 Å². The van der Waals surface area contributed by atoms with Crippen molar-refractivity contribution < 1.29 is 18.7 Å². The molecule has 1 amide bonds. The van der Waals surface area contributed by atoms with E-state index in [1.165, 1.54) is 17.7 Å². The smallest absolute Gasteiger partial charge is 0.260 e. The molecule has 2 aromatic carbocycles. The molecule has 1 N–H and O–H groups in total. The molecule has 0 radical (unpaired) electrons. The van der Waals surface area contributed by atoms with E-state index in [1.54, 1.807) is 6.07 Å². The van der Waals surface area contributed by atoms with Gasteiger partial charge in [-0.3, -0.25) is 9.69 Å². The van der Waals surface area contributed by atoms with Gasteiger partial charge in [-0.15, -0.1) is 0 Å². The van der Waals surface area contributed by atoms with Gasteiger partial charge in [0.1, 0.15) is 18.2 Å². The molecule has 0 atom stereocenters. The third-order valence-electron chi connectivity index (χ3n) is 6.68. The predicted molar refractivity (Wildman–Crippen MR) is 126 cm³/mol. The molecule has 33 heavy (non-hydrogen) atoms. The van der Waals surface area contributed by atoms with E-state index in [0.29, 0.717) is 29.2 Å². The molecule has 1 saturated heterocycles. The fourth-order valence-electron chi connectivity index (χ4n) is 4.80. The van der Waals surface area contributed by atoms with Gasteiger partial charge in [-0.1, -0.05) is 18.2 Å². The third kappa shape index (κ3) is 4.67. The monoisotopic (exact) mass is 451 g/mol. The van der Waals surface area contributed by atoms with Gasteiger partial charge in [0.05, 0.1) is 12.2 Å². The second kappa shape index (κ2) is 9.63. The summed E-state index contributed by atoms with van der Waals surface area (Å²) in [7, 11) is 0. The van der Waals surface area contributed by atoms with Crippen molar-refractivity contribution in [3.05, 3.63) is 64.5 Å². The lowest BCUT2D eigenvalue weighted by atomic mass is 9.98. The summed E-state index contributed by atoms with van der Waals surface area (Å²) in [5.74, 6) is -0.0726. The molecule has 0 unspecified atom stereocenters. The Labute approximate surface area is 194 Å². The van der Waals surface area contributed by atoms with Crippen LogP contribution < -0.4 is 5.32 Å². The highest BCUT2D eigenvalue weighted by molar-refractivity contribution is 6.36. The lowest BCUT2D eigenvalue weighted by molar-refractivity contribution is -0.110. The topological polar surface area (TPSA) is 54.0 Å². The summed E-state index contributed by atoms with van der Waals surface area (Å²) in [4.78, 5) is 17.6. The molecule has 0 saturated carbocycles. The number of halogens is 1. The van der Waals surface area contributed by atoms with Gasteiger partial charge in [-0.25, -0.2) is 4.39 Å². The minimum absolute atomic E-state index is 0.247. The maximum atomic E-state index is 13.8. The number of rotatable bonds is 7. The zero-order valence-electron chi connectivity index (χ0n) is 19.0. The molecule has 7 heteroatoms. The lowest BCUT2D eigenvalue weighted by Gasteiger charge is -2.34. The van der Waals surface area contributed by atoms with Gasteiger partial charge in [0, 0.05) is 68.3 Å². The first-order chi connectivity index (χ1) is 16.1. The van der Waals surface area contributed by atoms with Crippen LogP contribution in [0.25, 0.3) is 11.3 Å². The minimum Gasteiger partial charge on any atom is -0.487 e. The maximum Gasteiger partial charge on any atom is 0.260 e. The number of anilines is 1. The molecule has 174 valence electrons. The van der Waals surface area contributed by atoms with E-state index in [4.69, 9.17) is 9.47 Å². The molecule has 3 aliphatic heterocycles. The van der Waals surface area contributed by atoms with Crippen molar-refractivity contribution in [1.82, 2.24) is 9.80 Å². The molecule has 3 heterocycles. The van der Waals surface area contributed by atoms with Crippen LogP contribution in [0, 0.1) is 5.82 Å². The van der Waals surface area contributed by atoms with E-state index < -0.39 is 0 Å². The van der Waals surface area contributed by atoms with Gasteiger partial charge in [-0.2, -0.15) is 0 Å². The third-order valence-corrected chi connectivity index (χ3v) is 6.68. The lowest BCUT2D eigenvalue weighted by Crippen LogP contribution is -2.47. The van der Waals surface area contributed by atoms with Gasteiger partial charge < -0.3 is 19.7 Å². The van der Waals surface area contributed by atoms with E-state index in [9.17, 15) is 9.18 Å². The van der Waals surface area contributed by atoms with Crippen molar-refractivity contribution in [3.8, 4) is 0 Å². The molecule has 0 aliphatic carbocycles. The van der Waals surface area contributed by atoms with Crippen LogP contribution in [0.1, 0.15) is 29.2 Å². The SMILES string of the molecule is CCOCCN1CCN(CCc2ccc3c(c2)COC3=C2C(=O)Nc3ccc(F)cc32)CC1. The van der Waals surface area contributed by atoms with Crippen LogP contribution in [0.2, 0.25) is 0 Å². The van der Waals surface area contributed by atoms with Crippen LogP contribution in [0.3, 0.4) is 0 Å². The average molecular weight is 452 g/mol. The summed E-state index contributed by atoms with van der Waals surface area (Å²) in [6.45, 7) is 10.4. The van der Waals surface area contributed by atoms with Gasteiger partial charge >= 0.3 is 0 Å². The largest absolute Gasteiger partial charge is 0.487 e. The number of nitrogens with one attached hydrogen (secondary N) is 1. The number of fused-ring (bicyclic) bond motifs is 2. The van der Waals surface area contributed by atoms with Crippen molar-refractivity contribution in [3.63, 3.8) is 0 Å². The molecule has 6 nitrogen and oxygen atoms in total. The first-order valence-electron chi connectivity index (χ1n) is 11.8. The van der Waals surface area contributed by atoms with E-state index >= 15 is 0 Å². The molecule has 2 aromatic rings. The van der Waals surface area contributed by atoms with Crippen molar-refractivity contribution in [1.29, 1.82) is 0 Å². The van der Waals surface area contributed by atoms with Crippen molar-refractivity contribution in [2.75, 3.05) is 57.8 Å². The van der Waals surface area contributed by atoms with E-state index in [0.717, 1.165) is 70.0 Å². The van der Waals surface area contributed by atoms with E-state index in [-0.39, 0.29) is 11.7 Å². The Morgan fingerprint density at radius 3 is 2.61 bits per heavy atom. The number of ether oxygens (including phenoxy) is 2. The van der Waals surface area contributed by atoms with Gasteiger partial charge in [0.25, 0.3) is 5.91 Å². The molecule has 0 spiro atoms. The second-order valence-corrected chi connectivity index (χ2v) is 8.76. The van der Waals surface area contributed by atoms with Crippen molar-refractivity contribution >= 4 is 22.9 Å². The minimum atomic E-state index is -0.368. The number of nitrogens with zero attached hydrogens (tertiary/aromatic N) is 2. The Kier molecular flexibility index (Phi) is 6.44. The summed E-state index contributed by atoms with van der Waals surface area (Å²) >= 11 is 0. The quantitative estimate of drug-likeness (QED) is 0.517. The maximum absolute atomic E-state index is 13.8. The summed E-state index contributed by atoms with van der Waals surface area (Å²) in [5, 5.41) is 2.81. The van der Waals surface area contributed by atoms with E-state index in [2.05, 4.69) is 27.2 Å². The highest BCUT2D eigenvalue weighted by atomic mass is 19.1. The summed E-state index contributed by atoms with van der Waals surface area (Å²) in [5.41, 5.74) is 4.86. The first kappa shape index (κ1) is 22.1. The Bertz CT molecular complexity index is 1080. The summed E-state index contributed by atoms with van der Waals surface area (Å²) < 4.78 is 25.2. The fraction of sp³-hybridized carbons (Fsp3) is 0.423. The van der Waals surface area contributed by atoms with Gasteiger partial charge in [-0.05, 0) is 37.1 Å². The fourth-order valence-corrected chi connectivity index (χ4v) is 4.80. The highest BCUT2D eigenvalue weighted by Gasteiger charge is 2.32. The first-order valence-corrected chi connectivity index (χ1v) is 11.8. The van der Waals surface area contributed by atoms with Crippen molar-refractivity contribution in [2.45, 2.75) is 20.0 Å². The number of benzene rings is 2. The summed E-state index contributed by atoms with van der Waals surface area (Å²) in [6.07, 6.45) is 0.979. The van der Waals surface area contributed by atoms with Crippen LogP contribution in [-0.4, -0.2) is 68.2 Å². The van der Waals surface area contributed by atoms with Crippen LogP contribution in [0.4, 0.5) is 10.1 Å². The molecular weight excluding hydrogens is 421 g/mol. The highest BCUT2D eigenvalue weighted by Crippen LogP contribution is 2.41. The Morgan fingerprint density at radius 1 is 1.03 bits per heavy atom. The zero-order valence-corrected chi connectivity index (χ0v) is 19.0. The number of piperazine rings is 1.